The van der Waals surface area contributed by atoms with Crippen LogP contribution in [0.15, 0.2) is 52.1 Å². The van der Waals surface area contributed by atoms with Gasteiger partial charge >= 0.3 is 0 Å². The van der Waals surface area contributed by atoms with Gasteiger partial charge in [-0.15, -0.1) is 11.3 Å². The number of benzene rings is 1. The first-order valence-electron chi connectivity index (χ1n) is 7.12. The fourth-order valence-corrected chi connectivity index (χ4v) is 3.86. The zero-order chi connectivity index (χ0) is 17.6. The van der Waals surface area contributed by atoms with E-state index in [0.29, 0.717) is 27.6 Å². The Morgan fingerprint density at radius 2 is 2.12 bits per heavy atom. The van der Waals surface area contributed by atoms with Crippen LogP contribution in [0.3, 0.4) is 0 Å². The molecule has 1 aromatic carbocycles. The van der Waals surface area contributed by atoms with Gasteiger partial charge in [0, 0.05) is 22.3 Å². The number of nitrogens with one attached hydrogen (secondary N) is 1. The molecule has 3 N–H and O–H groups in total. The molecule has 0 saturated carbocycles. The Kier molecular flexibility index (Phi) is 3.57. The summed E-state index contributed by atoms with van der Waals surface area (Å²) in [7, 11) is -3.85. The maximum Gasteiger partial charge on any atom is 0.256 e. The van der Waals surface area contributed by atoms with Gasteiger partial charge in [0.1, 0.15) is 0 Å². The van der Waals surface area contributed by atoms with Crippen molar-refractivity contribution in [2.45, 2.75) is 4.90 Å². The van der Waals surface area contributed by atoms with Crippen LogP contribution in [0.5, 0.6) is 0 Å². The van der Waals surface area contributed by atoms with Crippen LogP contribution in [0.25, 0.3) is 22.4 Å². The molecular formula is C16H11N3O4S2. The molecule has 0 unspecified atom stereocenters. The molecule has 1 aliphatic rings. The van der Waals surface area contributed by atoms with Crippen LogP contribution < -0.4 is 10.5 Å². The Morgan fingerprint density at radius 1 is 1.28 bits per heavy atom. The van der Waals surface area contributed by atoms with Crippen molar-refractivity contribution in [3.05, 3.63) is 53.2 Å². The van der Waals surface area contributed by atoms with Gasteiger partial charge < -0.3 is 9.73 Å². The number of carbonyl (C=O) groups excluding carboxylic acids is 1. The van der Waals surface area contributed by atoms with Crippen LogP contribution in [0.1, 0.15) is 10.4 Å². The van der Waals surface area contributed by atoms with Gasteiger partial charge in [-0.1, -0.05) is 0 Å². The SMILES string of the molecule is NS(=O)(=O)c1ccc2c(c1)/C(=C/c1cnc(-c3ccco3)s1)C(=O)N2. The monoisotopic (exact) mass is 373 g/mol. The van der Waals surface area contributed by atoms with E-state index in [9.17, 15) is 13.2 Å². The molecule has 1 amide bonds. The predicted molar refractivity (Wildman–Crippen MR) is 94.1 cm³/mol. The fourth-order valence-electron chi connectivity index (χ4n) is 2.50. The lowest BCUT2D eigenvalue weighted by Gasteiger charge is -2.02. The van der Waals surface area contributed by atoms with Gasteiger partial charge in [-0.05, 0) is 36.4 Å². The van der Waals surface area contributed by atoms with Gasteiger partial charge in [-0.2, -0.15) is 0 Å². The largest absolute Gasteiger partial charge is 0.462 e. The van der Waals surface area contributed by atoms with E-state index in [1.165, 1.54) is 29.5 Å². The number of sulfonamides is 1. The summed E-state index contributed by atoms with van der Waals surface area (Å²) in [5, 5.41) is 8.56. The van der Waals surface area contributed by atoms with Crippen LogP contribution in [0.4, 0.5) is 5.69 Å². The van der Waals surface area contributed by atoms with E-state index in [1.54, 1.807) is 30.7 Å². The number of carbonyl (C=O) groups is 1. The third-order valence-electron chi connectivity index (χ3n) is 3.64. The molecule has 0 saturated heterocycles. The zero-order valence-electron chi connectivity index (χ0n) is 12.6. The van der Waals surface area contributed by atoms with Crippen molar-refractivity contribution in [1.29, 1.82) is 0 Å². The summed E-state index contributed by atoms with van der Waals surface area (Å²) < 4.78 is 28.4. The van der Waals surface area contributed by atoms with Crippen molar-refractivity contribution < 1.29 is 17.6 Å². The molecule has 0 atom stereocenters. The third-order valence-corrected chi connectivity index (χ3v) is 5.51. The smallest absolute Gasteiger partial charge is 0.256 e. The van der Waals surface area contributed by atoms with Crippen LogP contribution in [-0.2, 0) is 14.8 Å². The molecular weight excluding hydrogens is 362 g/mol. The van der Waals surface area contributed by atoms with Crippen LogP contribution in [0, 0.1) is 0 Å². The Hall–Kier alpha value is -2.75. The number of nitrogens with two attached hydrogens (primary N) is 1. The standard InChI is InChI=1S/C16H11N3O4S2/c17-25(21,22)10-3-4-13-11(7-10)12(15(20)19-13)6-9-8-18-16(24-9)14-2-1-5-23-14/h1-8H,(H,19,20)(H2,17,21,22)/b12-6-. The summed E-state index contributed by atoms with van der Waals surface area (Å²) >= 11 is 1.36. The van der Waals surface area contributed by atoms with Gasteiger partial charge in [0.15, 0.2) is 10.8 Å². The van der Waals surface area contributed by atoms with Gasteiger partial charge in [0.25, 0.3) is 5.91 Å². The number of rotatable bonds is 3. The molecule has 9 heteroatoms. The summed E-state index contributed by atoms with van der Waals surface area (Å²) in [5.41, 5.74) is 1.39. The van der Waals surface area contributed by atoms with Crippen molar-refractivity contribution in [1.82, 2.24) is 4.98 Å². The molecule has 7 nitrogen and oxygen atoms in total. The minimum Gasteiger partial charge on any atom is -0.462 e. The van der Waals surface area contributed by atoms with E-state index in [0.717, 1.165) is 4.88 Å². The van der Waals surface area contributed by atoms with E-state index in [1.807, 2.05) is 0 Å². The Bertz CT molecular complexity index is 1110. The number of hydrogen-bond donors (Lipinski definition) is 2. The number of fused-ring (bicyclic) bond motifs is 1. The molecule has 4 rings (SSSR count). The van der Waals surface area contributed by atoms with Crippen LogP contribution >= 0.6 is 11.3 Å². The molecule has 0 fully saturated rings. The first kappa shape index (κ1) is 15.8. The quantitative estimate of drug-likeness (QED) is 0.685. The molecule has 3 heterocycles. The summed E-state index contributed by atoms with van der Waals surface area (Å²) in [6.07, 6.45) is 4.85. The van der Waals surface area contributed by atoms with Crippen molar-refractivity contribution in [2.24, 2.45) is 5.14 Å². The number of aromatic nitrogens is 1. The number of anilines is 1. The van der Waals surface area contributed by atoms with Crippen molar-refractivity contribution in [3.63, 3.8) is 0 Å². The van der Waals surface area contributed by atoms with Gasteiger partial charge in [-0.25, -0.2) is 18.5 Å². The molecule has 0 radical (unpaired) electrons. The van der Waals surface area contributed by atoms with Gasteiger partial charge in [0.05, 0.1) is 16.7 Å². The lowest BCUT2D eigenvalue weighted by molar-refractivity contribution is -0.110. The van der Waals surface area contributed by atoms with E-state index >= 15 is 0 Å². The Morgan fingerprint density at radius 3 is 2.84 bits per heavy atom. The fraction of sp³-hybridized carbons (Fsp3) is 0. The maximum atomic E-state index is 12.2. The molecule has 0 spiro atoms. The van der Waals surface area contributed by atoms with Crippen molar-refractivity contribution >= 4 is 44.6 Å². The minimum absolute atomic E-state index is 0.0470. The Balaban J connectivity index is 1.77. The summed E-state index contributed by atoms with van der Waals surface area (Å²) in [6.45, 7) is 0. The van der Waals surface area contributed by atoms with Crippen LogP contribution in [0.2, 0.25) is 0 Å². The first-order valence-corrected chi connectivity index (χ1v) is 9.48. The molecule has 3 aromatic rings. The van der Waals surface area contributed by atoms with Crippen molar-refractivity contribution in [2.75, 3.05) is 5.32 Å². The molecule has 0 aliphatic carbocycles. The number of furan rings is 1. The average molecular weight is 373 g/mol. The maximum absolute atomic E-state index is 12.2. The second-order valence-electron chi connectivity index (χ2n) is 5.31. The topological polar surface area (TPSA) is 115 Å². The summed E-state index contributed by atoms with van der Waals surface area (Å²) in [4.78, 5) is 17.2. The molecule has 126 valence electrons. The lowest BCUT2D eigenvalue weighted by atomic mass is 10.1. The number of amides is 1. The van der Waals surface area contributed by atoms with E-state index in [-0.39, 0.29) is 10.8 Å². The highest BCUT2D eigenvalue weighted by molar-refractivity contribution is 7.89. The second-order valence-corrected chi connectivity index (χ2v) is 7.93. The average Bonchev–Trinajstić information content (AvgIpc) is 3.27. The highest BCUT2D eigenvalue weighted by Crippen LogP contribution is 2.36. The summed E-state index contributed by atoms with van der Waals surface area (Å²) in [5.74, 6) is 0.331. The predicted octanol–water partition coefficient (Wildman–Crippen LogP) is 2.54. The van der Waals surface area contributed by atoms with E-state index in [4.69, 9.17) is 9.56 Å². The normalized spacial score (nSPS) is 15.4. The molecule has 25 heavy (non-hydrogen) atoms. The summed E-state index contributed by atoms with van der Waals surface area (Å²) in [6, 6.07) is 7.84. The molecule has 0 bridgehead atoms. The molecule has 2 aromatic heterocycles. The Labute approximate surface area is 146 Å². The van der Waals surface area contributed by atoms with Gasteiger partial charge in [-0.3, -0.25) is 4.79 Å². The first-order chi connectivity index (χ1) is 11.9. The number of thiazole rings is 1. The lowest BCUT2D eigenvalue weighted by Crippen LogP contribution is -2.12. The third kappa shape index (κ3) is 2.88. The highest BCUT2D eigenvalue weighted by Gasteiger charge is 2.26. The van der Waals surface area contributed by atoms with E-state index < -0.39 is 10.0 Å². The number of primary sulfonamides is 1. The molecule has 1 aliphatic heterocycles. The van der Waals surface area contributed by atoms with Gasteiger partial charge in [0.2, 0.25) is 10.0 Å². The number of hydrogen-bond acceptors (Lipinski definition) is 6. The zero-order valence-corrected chi connectivity index (χ0v) is 14.2. The second kappa shape index (κ2) is 5.66. The number of nitrogens with zero attached hydrogens (tertiary/aromatic N) is 1. The van der Waals surface area contributed by atoms with Crippen LogP contribution in [-0.4, -0.2) is 19.3 Å². The minimum atomic E-state index is -3.85. The van der Waals surface area contributed by atoms with Crippen molar-refractivity contribution in [3.8, 4) is 10.8 Å². The van der Waals surface area contributed by atoms with E-state index in [2.05, 4.69) is 10.3 Å². The highest BCUT2D eigenvalue weighted by atomic mass is 32.2.